The molecule has 5 nitrogen and oxygen atoms in total. The average Bonchev–Trinajstić information content (AvgIpc) is 2.76. The smallest absolute Gasteiger partial charge is 0.290 e. The van der Waals surface area contributed by atoms with Gasteiger partial charge in [0.25, 0.3) is 5.91 Å². The molecule has 1 aromatic carbocycles. The van der Waals surface area contributed by atoms with Crippen molar-refractivity contribution in [2.24, 2.45) is 0 Å². The molecular formula is C15H18BrN3O2. The number of nitrogens with zero attached hydrogens (tertiary/aromatic N) is 2. The van der Waals surface area contributed by atoms with Crippen LogP contribution in [0, 0.1) is 0 Å². The van der Waals surface area contributed by atoms with Crippen molar-refractivity contribution in [2.45, 2.75) is 25.8 Å². The van der Waals surface area contributed by atoms with Crippen molar-refractivity contribution in [2.75, 3.05) is 19.8 Å². The summed E-state index contributed by atoms with van der Waals surface area (Å²) in [4.78, 5) is 22.2. The molecule has 1 N–H and O–H groups in total. The molecule has 1 aliphatic heterocycles. The molecule has 0 atom stereocenters. The topological polar surface area (TPSA) is 58.2 Å². The quantitative estimate of drug-likeness (QED) is 0.859. The van der Waals surface area contributed by atoms with E-state index in [9.17, 15) is 4.79 Å². The molecule has 1 aliphatic rings. The van der Waals surface area contributed by atoms with E-state index >= 15 is 0 Å². The van der Waals surface area contributed by atoms with E-state index in [0.29, 0.717) is 25.6 Å². The number of amides is 1. The van der Waals surface area contributed by atoms with E-state index in [-0.39, 0.29) is 11.4 Å². The van der Waals surface area contributed by atoms with Gasteiger partial charge in [-0.2, -0.15) is 0 Å². The molecule has 0 saturated carbocycles. The zero-order valence-electron chi connectivity index (χ0n) is 12.1. The van der Waals surface area contributed by atoms with Gasteiger partial charge >= 0.3 is 0 Å². The molecular weight excluding hydrogens is 334 g/mol. The minimum atomic E-state index is -0.229. The summed E-state index contributed by atoms with van der Waals surface area (Å²) in [5.41, 5.74) is 1.43. The molecule has 0 spiro atoms. The number of hydrogen-bond donors (Lipinski definition) is 1. The van der Waals surface area contributed by atoms with Gasteiger partial charge in [0.2, 0.25) is 0 Å². The van der Waals surface area contributed by atoms with Crippen LogP contribution in [0.25, 0.3) is 11.0 Å². The normalized spacial score (nSPS) is 18.7. The van der Waals surface area contributed by atoms with Crippen LogP contribution >= 0.6 is 15.9 Å². The van der Waals surface area contributed by atoms with E-state index in [2.05, 4.69) is 39.7 Å². The van der Waals surface area contributed by atoms with Crippen LogP contribution in [0.1, 0.15) is 30.9 Å². The van der Waals surface area contributed by atoms with Crippen LogP contribution in [0.3, 0.4) is 0 Å². The van der Waals surface area contributed by atoms with Gasteiger partial charge < -0.3 is 14.6 Å². The molecule has 2 aromatic rings. The van der Waals surface area contributed by atoms with Gasteiger partial charge in [-0.05, 0) is 38.5 Å². The van der Waals surface area contributed by atoms with Gasteiger partial charge in [0, 0.05) is 23.2 Å². The van der Waals surface area contributed by atoms with Gasteiger partial charge in [0.1, 0.15) is 0 Å². The SMILES string of the molecule is CC1(C)CCOCCN1C(=O)c1nc2ccc(Br)cc2[nH]1. The van der Waals surface area contributed by atoms with Gasteiger partial charge in [-0.3, -0.25) is 4.79 Å². The van der Waals surface area contributed by atoms with E-state index in [1.807, 2.05) is 23.1 Å². The highest BCUT2D eigenvalue weighted by Crippen LogP contribution is 2.24. The number of aromatic nitrogens is 2. The van der Waals surface area contributed by atoms with Crippen LogP contribution in [0.4, 0.5) is 0 Å². The fraction of sp³-hybridized carbons (Fsp3) is 0.467. The zero-order chi connectivity index (χ0) is 15.0. The van der Waals surface area contributed by atoms with Crippen molar-refractivity contribution in [1.29, 1.82) is 0 Å². The molecule has 1 fully saturated rings. The molecule has 1 saturated heterocycles. The summed E-state index contributed by atoms with van der Waals surface area (Å²) >= 11 is 3.42. The summed E-state index contributed by atoms with van der Waals surface area (Å²) in [6, 6.07) is 5.74. The van der Waals surface area contributed by atoms with Gasteiger partial charge in [-0.1, -0.05) is 15.9 Å². The number of aromatic amines is 1. The molecule has 1 amide bonds. The number of carbonyl (C=O) groups excluding carboxylic acids is 1. The van der Waals surface area contributed by atoms with Crippen molar-refractivity contribution in [1.82, 2.24) is 14.9 Å². The highest BCUT2D eigenvalue weighted by atomic mass is 79.9. The minimum Gasteiger partial charge on any atom is -0.380 e. The number of nitrogens with one attached hydrogen (secondary N) is 1. The molecule has 112 valence electrons. The molecule has 0 unspecified atom stereocenters. The van der Waals surface area contributed by atoms with Crippen molar-refractivity contribution >= 4 is 32.9 Å². The van der Waals surface area contributed by atoms with Crippen molar-refractivity contribution in [3.05, 3.63) is 28.5 Å². The Morgan fingerprint density at radius 1 is 1.43 bits per heavy atom. The fourth-order valence-corrected chi connectivity index (χ4v) is 2.97. The largest absolute Gasteiger partial charge is 0.380 e. The van der Waals surface area contributed by atoms with E-state index in [1.54, 1.807) is 0 Å². The second kappa shape index (κ2) is 5.42. The number of imidazole rings is 1. The van der Waals surface area contributed by atoms with E-state index in [0.717, 1.165) is 21.9 Å². The summed E-state index contributed by atoms with van der Waals surface area (Å²) in [7, 11) is 0. The molecule has 0 bridgehead atoms. The Morgan fingerprint density at radius 2 is 2.24 bits per heavy atom. The molecule has 3 rings (SSSR count). The maximum Gasteiger partial charge on any atom is 0.290 e. The first-order valence-electron chi connectivity index (χ1n) is 7.02. The average molecular weight is 352 g/mol. The highest BCUT2D eigenvalue weighted by Gasteiger charge is 2.34. The Balaban J connectivity index is 1.95. The second-order valence-corrected chi connectivity index (χ2v) is 6.79. The second-order valence-electron chi connectivity index (χ2n) is 5.88. The van der Waals surface area contributed by atoms with E-state index in [4.69, 9.17) is 4.74 Å². The monoisotopic (exact) mass is 351 g/mol. The Bertz CT molecular complexity index is 681. The van der Waals surface area contributed by atoms with Gasteiger partial charge in [-0.25, -0.2) is 4.98 Å². The lowest BCUT2D eigenvalue weighted by Crippen LogP contribution is -2.48. The predicted octanol–water partition coefficient (Wildman–Crippen LogP) is 2.97. The number of benzene rings is 1. The maximum absolute atomic E-state index is 12.8. The van der Waals surface area contributed by atoms with Crippen LogP contribution in [0.15, 0.2) is 22.7 Å². The first kappa shape index (κ1) is 14.5. The fourth-order valence-electron chi connectivity index (χ4n) is 2.60. The summed E-state index contributed by atoms with van der Waals surface area (Å²) in [5.74, 6) is 0.316. The third kappa shape index (κ3) is 2.82. The number of hydrogen-bond acceptors (Lipinski definition) is 3. The maximum atomic E-state index is 12.8. The number of carbonyl (C=O) groups is 1. The lowest BCUT2D eigenvalue weighted by molar-refractivity contribution is 0.0551. The number of fused-ring (bicyclic) bond motifs is 1. The molecule has 0 aliphatic carbocycles. The van der Waals surface area contributed by atoms with Crippen molar-refractivity contribution in [3.63, 3.8) is 0 Å². The Morgan fingerprint density at radius 3 is 3.05 bits per heavy atom. The predicted molar refractivity (Wildman–Crippen MR) is 84.3 cm³/mol. The lowest BCUT2D eigenvalue weighted by atomic mass is 9.98. The third-order valence-electron chi connectivity index (χ3n) is 3.94. The third-order valence-corrected chi connectivity index (χ3v) is 4.43. The number of halogens is 1. The number of rotatable bonds is 1. The highest BCUT2D eigenvalue weighted by molar-refractivity contribution is 9.10. The van der Waals surface area contributed by atoms with Gasteiger partial charge in [0.15, 0.2) is 5.82 Å². The van der Waals surface area contributed by atoms with Crippen LogP contribution in [0.5, 0.6) is 0 Å². The molecule has 2 heterocycles. The zero-order valence-corrected chi connectivity index (χ0v) is 13.7. The molecule has 0 radical (unpaired) electrons. The summed E-state index contributed by atoms with van der Waals surface area (Å²) in [5, 5.41) is 0. The van der Waals surface area contributed by atoms with Crippen molar-refractivity contribution in [3.8, 4) is 0 Å². The van der Waals surface area contributed by atoms with Crippen LogP contribution in [-0.4, -0.2) is 46.1 Å². The summed E-state index contributed by atoms with van der Waals surface area (Å²) in [6.45, 7) is 5.98. The molecule has 6 heteroatoms. The first-order valence-corrected chi connectivity index (χ1v) is 7.82. The number of H-pyrrole nitrogens is 1. The Kier molecular flexibility index (Phi) is 3.75. The lowest BCUT2D eigenvalue weighted by Gasteiger charge is -2.35. The van der Waals surface area contributed by atoms with E-state index in [1.165, 1.54) is 0 Å². The molecule has 1 aromatic heterocycles. The van der Waals surface area contributed by atoms with Crippen LogP contribution in [0.2, 0.25) is 0 Å². The van der Waals surface area contributed by atoms with E-state index < -0.39 is 0 Å². The summed E-state index contributed by atoms with van der Waals surface area (Å²) < 4.78 is 6.45. The van der Waals surface area contributed by atoms with Crippen molar-refractivity contribution < 1.29 is 9.53 Å². The first-order chi connectivity index (χ1) is 9.97. The summed E-state index contributed by atoms with van der Waals surface area (Å²) in [6.07, 6.45) is 0.824. The Hall–Kier alpha value is -1.40. The standard InChI is InChI=1S/C15H18BrN3O2/c1-15(2)5-7-21-8-6-19(15)14(20)13-17-11-4-3-10(16)9-12(11)18-13/h3-4,9H,5-8H2,1-2H3,(H,17,18). The number of ether oxygens (including phenoxy) is 1. The molecule has 21 heavy (non-hydrogen) atoms. The van der Waals surface area contributed by atoms with Gasteiger partial charge in [-0.15, -0.1) is 0 Å². The Labute approximate surface area is 131 Å². The van der Waals surface area contributed by atoms with Gasteiger partial charge in [0.05, 0.1) is 17.6 Å². The van der Waals surface area contributed by atoms with Crippen LogP contribution in [-0.2, 0) is 4.74 Å². The van der Waals surface area contributed by atoms with Crippen LogP contribution < -0.4 is 0 Å². The minimum absolute atomic E-state index is 0.0715.